The maximum Gasteiger partial charge on any atom is 0.416 e. The van der Waals surface area contributed by atoms with Gasteiger partial charge in [-0.3, -0.25) is 0 Å². The molecule has 8 heteroatoms. The predicted molar refractivity (Wildman–Crippen MR) is 87.1 cm³/mol. The zero-order valence-corrected chi connectivity index (χ0v) is 13.6. The number of amides is 2. The number of hydrogen-bond donors (Lipinski definition) is 1. The van der Waals surface area contributed by atoms with Crippen molar-refractivity contribution < 1.29 is 27.1 Å². The van der Waals surface area contributed by atoms with Gasteiger partial charge in [0.1, 0.15) is 11.9 Å². The first-order valence-corrected chi connectivity index (χ1v) is 7.94. The molecule has 1 aliphatic heterocycles. The van der Waals surface area contributed by atoms with Crippen LogP contribution in [-0.4, -0.2) is 30.6 Å². The van der Waals surface area contributed by atoms with E-state index in [1.54, 1.807) is 6.07 Å². The number of anilines is 1. The van der Waals surface area contributed by atoms with E-state index in [4.69, 9.17) is 4.74 Å². The van der Waals surface area contributed by atoms with E-state index in [9.17, 15) is 22.4 Å². The molecule has 2 amide bonds. The van der Waals surface area contributed by atoms with Gasteiger partial charge in [-0.05, 0) is 29.8 Å². The second-order valence-corrected chi connectivity index (χ2v) is 5.84. The normalized spacial score (nSPS) is 17.8. The van der Waals surface area contributed by atoms with Crippen LogP contribution in [-0.2, 0) is 10.9 Å². The summed E-state index contributed by atoms with van der Waals surface area (Å²) in [6, 6.07) is 9.95. The molecular formula is C18H16F4N2O2. The molecule has 0 spiro atoms. The lowest BCUT2D eigenvalue weighted by molar-refractivity contribution is -0.137. The summed E-state index contributed by atoms with van der Waals surface area (Å²) in [5.74, 6) is -0.548. The summed E-state index contributed by atoms with van der Waals surface area (Å²) >= 11 is 0. The molecule has 1 N–H and O–H groups in total. The zero-order valence-electron chi connectivity index (χ0n) is 13.6. The molecule has 1 fully saturated rings. The minimum Gasteiger partial charge on any atom is -0.370 e. The average Bonchev–Trinajstić information content (AvgIpc) is 2.63. The summed E-state index contributed by atoms with van der Waals surface area (Å²) in [6.45, 7) is 0.694. The van der Waals surface area contributed by atoms with Gasteiger partial charge in [0.2, 0.25) is 0 Å². The quantitative estimate of drug-likeness (QED) is 0.796. The highest BCUT2D eigenvalue weighted by Gasteiger charge is 2.31. The summed E-state index contributed by atoms with van der Waals surface area (Å²) in [5.41, 5.74) is -0.136. The number of urea groups is 1. The van der Waals surface area contributed by atoms with E-state index < -0.39 is 29.7 Å². The number of morpholine rings is 1. The highest BCUT2D eigenvalue weighted by molar-refractivity contribution is 5.89. The van der Waals surface area contributed by atoms with Crippen LogP contribution >= 0.6 is 0 Å². The third-order valence-electron chi connectivity index (χ3n) is 4.08. The summed E-state index contributed by atoms with van der Waals surface area (Å²) < 4.78 is 57.1. The fraction of sp³-hybridized carbons (Fsp3) is 0.278. The van der Waals surface area contributed by atoms with Crippen molar-refractivity contribution in [3.8, 4) is 0 Å². The van der Waals surface area contributed by atoms with Crippen molar-refractivity contribution in [1.82, 2.24) is 4.90 Å². The molecule has 0 radical (unpaired) electrons. The number of halogens is 4. The van der Waals surface area contributed by atoms with Crippen LogP contribution in [0.15, 0.2) is 48.5 Å². The molecule has 0 unspecified atom stereocenters. The summed E-state index contributed by atoms with van der Waals surface area (Å²) in [7, 11) is 0. The van der Waals surface area contributed by atoms with Crippen LogP contribution in [0.5, 0.6) is 0 Å². The Kier molecular flexibility index (Phi) is 5.13. The van der Waals surface area contributed by atoms with Gasteiger partial charge in [-0.2, -0.15) is 13.2 Å². The van der Waals surface area contributed by atoms with E-state index in [-0.39, 0.29) is 18.8 Å². The van der Waals surface area contributed by atoms with Crippen molar-refractivity contribution in [3.05, 3.63) is 65.5 Å². The van der Waals surface area contributed by atoms with Crippen molar-refractivity contribution in [3.63, 3.8) is 0 Å². The number of carbonyl (C=O) groups excluding carboxylic acids is 1. The predicted octanol–water partition coefficient (Wildman–Crippen LogP) is 4.45. The molecule has 0 saturated carbocycles. The molecule has 0 bridgehead atoms. The van der Waals surface area contributed by atoms with Crippen LogP contribution in [0.1, 0.15) is 17.2 Å². The Morgan fingerprint density at radius 2 is 1.81 bits per heavy atom. The van der Waals surface area contributed by atoms with Gasteiger partial charge in [-0.1, -0.05) is 24.3 Å². The van der Waals surface area contributed by atoms with Crippen molar-refractivity contribution in [1.29, 1.82) is 0 Å². The van der Waals surface area contributed by atoms with Crippen LogP contribution < -0.4 is 5.32 Å². The molecule has 0 aliphatic carbocycles. The van der Waals surface area contributed by atoms with Crippen LogP contribution in [0.25, 0.3) is 0 Å². The van der Waals surface area contributed by atoms with Crippen LogP contribution in [0.4, 0.5) is 28.0 Å². The maximum atomic E-state index is 13.6. The number of alkyl halides is 3. The second kappa shape index (κ2) is 7.33. The van der Waals surface area contributed by atoms with Crippen LogP contribution in [0.3, 0.4) is 0 Å². The molecule has 2 aromatic carbocycles. The maximum absolute atomic E-state index is 13.6. The van der Waals surface area contributed by atoms with E-state index in [1.165, 1.54) is 35.2 Å². The first-order chi connectivity index (χ1) is 12.3. The Hall–Kier alpha value is -2.61. The van der Waals surface area contributed by atoms with E-state index in [1.807, 2.05) is 0 Å². The first-order valence-electron chi connectivity index (χ1n) is 7.94. The van der Waals surface area contributed by atoms with E-state index in [0.29, 0.717) is 12.1 Å². The number of nitrogens with zero attached hydrogens (tertiary/aromatic N) is 1. The zero-order chi connectivity index (χ0) is 18.7. The van der Waals surface area contributed by atoms with Crippen molar-refractivity contribution in [2.75, 3.05) is 25.0 Å². The Morgan fingerprint density at radius 3 is 2.46 bits per heavy atom. The molecule has 1 aliphatic rings. The minimum atomic E-state index is -4.41. The summed E-state index contributed by atoms with van der Waals surface area (Å²) in [4.78, 5) is 13.8. The Labute approximate surface area is 147 Å². The molecule has 1 heterocycles. The standard InChI is InChI=1S/C18H16F4N2O2/c19-14-3-1-2-4-15(14)23-17(25)24-9-10-26-16(11-24)12-5-7-13(8-6-12)18(20,21)22/h1-8,16H,9-11H2,(H,23,25)/t16-/m1/s1. The fourth-order valence-electron chi connectivity index (χ4n) is 2.68. The van der Waals surface area contributed by atoms with Gasteiger partial charge in [0, 0.05) is 6.54 Å². The molecule has 2 aromatic rings. The Balaban J connectivity index is 1.67. The molecule has 4 nitrogen and oxygen atoms in total. The molecule has 1 saturated heterocycles. The lowest BCUT2D eigenvalue weighted by Crippen LogP contribution is -2.44. The molecule has 0 aromatic heterocycles. The van der Waals surface area contributed by atoms with E-state index in [2.05, 4.69) is 5.32 Å². The molecule has 138 valence electrons. The van der Waals surface area contributed by atoms with Gasteiger partial charge >= 0.3 is 12.2 Å². The fourth-order valence-corrected chi connectivity index (χ4v) is 2.68. The third-order valence-corrected chi connectivity index (χ3v) is 4.08. The molecular weight excluding hydrogens is 352 g/mol. The highest BCUT2D eigenvalue weighted by atomic mass is 19.4. The number of ether oxygens (including phenoxy) is 1. The van der Waals surface area contributed by atoms with Gasteiger partial charge in [-0.15, -0.1) is 0 Å². The Morgan fingerprint density at radius 1 is 1.12 bits per heavy atom. The number of carbonyl (C=O) groups is 1. The van der Waals surface area contributed by atoms with E-state index >= 15 is 0 Å². The van der Waals surface area contributed by atoms with Crippen molar-refractivity contribution >= 4 is 11.7 Å². The van der Waals surface area contributed by atoms with Gasteiger partial charge in [-0.25, -0.2) is 9.18 Å². The van der Waals surface area contributed by atoms with Gasteiger partial charge < -0.3 is 15.0 Å². The number of rotatable bonds is 2. The largest absolute Gasteiger partial charge is 0.416 e. The monoisotopic (exact) mass is 368 g/mol. The summed E-state index contributed by atoms with van der Waals surface area (Å²) in [5, 5.41) is 2.49. The SMILES string of the molecule is O=C(Nc1ccccc1F)N1CCO[C@@H](c2ccc(C(F)(F)F)cc2)C1. The smallest absolute Gasteiger partial charge is 0.370 e. The van der Waals surface area contributed by atoms with E-state index in [0.717, 1.165) is 12.1 Å². The third kappa shape index (κ3) is 4.13. The van der Waals surface area contributed by atoms with Crippen LogP contribution in [0.2, 0.25) is 0 Å². The molecule has 1 atom stereocenters. The number of para-hydroxylation sites is 1. The average molecular weight is 368 g/mol. The molecule has 26 heavy (non-hydrogen) atoms. The summed E-state index contributed by atoms with van der Waals surface area (Å²) in [6.07, 6.45) is -4.95. The minimum absolute atomic E-state index is 0.0649. The highest BCUT2D eigenvalue weighted by Crippen LogP contribution is 2.31. The van der Waals surface area contributed by atoms with Crippen molar-refractivity contribution in [2.24, 2.45) is 0 Å². The Bertz CT molecular complexity index is 778. The number of benzene rings is 2. The van der Waals surface area contributed by atoms with Crippen LogP contribution in [0, 0.1) is 5.82 Å². The first kappa shape index (κ1) is 18.2. The number of nitrogens with one attached hydrogen (secondary N) is 1. The lowest BCUT2D eigenvalue weighted by atomic mass is 10.1. The van der Waals surface area contributed by atoms with Gasteiger partial charge in [0.05, 0.1) is 24.4 Å². The number of hydrogen-bond acceptors (Lipinski definition) is 2. The second-order valence-electron chi connectivity index (χ2n) is 5.84. The molecule has 3 rings (SSSR count). The van der Waals surface area contributed by atoms with Gasteiger partial charge in [0.25, 0.3) is 0 Å². The lowest BCUT2D eigenvalue weighted by Gasteiger charge is -2.33. The topological polar surface area (TPSA) is 41.6 Å². The van der Waals surface area contributed by atoms with Gasteiger partial charge in [0.15, 0.2) is 0 Å². The van der Waals surface area contributed by atoms with Crippen molar-refractivity contribution in [2.45, 2.75) is 12.3 Å².